The number of methoxy groups -OCH3 is 1. The van der Waals surface area contributed by atoms with Gasteiger partial charge < -0.3 is 15.8 Å². The Morgan fingerprint density at radius 2 is 2.47 bits per heavy atom. The lowest BCUT2D eigenvalue weighted by Gasteiger charge is -2.33. The van der Waals surface area contributed by atoms with Crippen molar-refractivity contribution in [3.63, 3.8) is 0 Å². The maximum absolute atomic E-state index is 11.2. The van der Waals surface area contributed by atoms with Gasteiger partial charge in [0.05, 0.1) is 13.2 Å². The number of carbonyl (C=O) groups excluding carboxylic acids is 1. The van der Waals surface area contributed by atoms with E-state index in [1.807, 2.05) is 0 Å². The Labute approximate surface area is 90.9 Å². The SMILES string of the molecule is COCC(CCCN)N1CCNC(=O)C1. The van der Waals surface area contributed by atoms with Crippen LogP contribution in [0, 0.1) is 0 Å². The second-order valence-electron chi connectivity index (χ2n) is 3.86. The van der Waals surface area contributed by atoms with Gasteiger partial charge in [-0.25, -0.2) is 0 Å². The fourth-order valence-corrected chi connectivity index (χ4v) is 1.89. The summed E-state index contributed by atoms with van der Waals surface area (Å²) in [6.45, 7) is 3.50. The van der Waals surface area contributed by atoms with Crippen molar-refractivity contribution in [1.29, 1.82) is 0 Å². The first-order valence-electron chi connectivity index (χ1n) is 5.47. The molecule has 1 atom stereocenters. The zero-order valence-corrected chi connectivity index (χ0v) is 9.37. The normalized spacial score (nSPS) is 20.0. The number of rotatable bonds is 6. The highest BCUT2D eigenvalue weighted by Gasteiger charge is 2.23. The van der Waals surface area contributed by atoms with Gasteiger partial charge >= 0.3 is 0 Å². The van der Waals surface area contributed by atoms with Crippen LogP contribution in [0.4, 0.5) is 0 Å². The van der Waals surface area contributed by atoms with Crippen LogP contribution < -0.4 is 11.1 Å². The minimum Gasteiger partial charge on any atom is -0.383 e. The number of nitrogens with two attached hydrogens (primary N) is 1. The van der Waals surface area contributed by atoms with E-state index in [4.69, 9.17) is 10.5 Å². The summed E-state index contributed by atoms with van der Waals surface area (Å²) in [7, 11) is 1.69. The van der Waals surface area contributed by atoms with Gasteiger partial charge in [-0.05, 0) is 19.4 Å². The largest absolute Gasteiger partial charge is 0.383 e. The molecule has 1 aliphatic heterocycles. The molecule has 1 aliphatic rings. The minimum atomic E-state index is 0.107. The second-order valence-corrected chi connectivity index (χ2v) is 3.86. The summed E-state index contributed by atoms with van der Waals surface area (Å²) in [5, 5.41) is 2.82. The molecule has 5 heteroatoms. The number of hydrogen-bond donors (Lipinski definition) is 2. The standard InChI is InChI=1S/C10H21N3O2/c1-15-8-9(3-2-4-11)13-6-5-12-10(14)7-13/h9H,2-8,11H2,1H3,(H,12,14). The van der Waals surface area contributed by atoms with Gasteiger partial charge in [0.1, 0.15) is 0 Å². The summed E-state index contributed by atoms with van der Waals surface area (Å²) in [6.07, 6.45) is 1.98. The molecule has 0 bridgehead atoms. The fourth-order valence-electron chi connectivity index (χ4n) is 1.89. The monoisotopic (exact) mass is 215 g/mol. The summed E-state index contributed by atoms with van der Waals surface area (Å²) >= 11 is 0. The number of ether oxygens (including phenoxy) is 1. The van der Waals surface area contributed by atoms with Crippen LogP contribution in [0.15, 0.2) is 0 Å². The number of hydrogen-bond acceptors (Lipinski definition) is 4. The zero-order chi connectivity index (χ0) is 11.1. The Morgan fingerprint density at radius 1 is 1.67 bits per heavy atom. The molecule has 0 radical (unpaired) electrons. The summed E-state index contributed by atoms with van der Waals surface area (Å²) in [6, 6.07) is 0.324. The smallest absolute Gasteiger partial charge is 0.234 e. The van der Waals surface area contributed by atoms with Crippen molar-refractivity contribution in [2.24, 2.45) is 5.73 Å². The molecular formula is C10H21N3O2. The van der Waals surface area contributed by atoms with E-state index >= 15 is 0 Å². The summed E-state index contributed by atoms with van der Waals surface area (Å²) in [5.74, 6) is 0.107. The Hall–Kier alpha value is -0.650. The predicted octanol–water partition coefficient (Wildman–Crippen LogP) is -0.828. The molecule has 1 fully saturated rings. The van der Waals surface area contributed by atoms with E-state index in [1.165, 1.54) is 0 Å². The van der Waals surface area contributed by atoms with Crippen LogP contribution in [0.25, 0.3) is 0 Å². The maximum atomic E-state index is 11.2. The highest BCUT2D eigenvalue weighted by Crippen LogP contribution is 2.08. The van der Waals surface area contributed by atoms with Crippen LogP contribution in [0.5, 0.6) is 0 Å². The topological polar surface area (TPSA) is 67.6 Å². The predicted molar refractivity (Wildman–Crippen MR) is 58.5 cm³/mol. The third kappa shape index (κ3) is 4.15. The summed E-state index contributed by atoms with van der Waals surface area (Å²) in [5.41, 5.74) is 5.49. The Balaban J connectivity index is 2.41. The number of carbonyl (C=O) groups is 1. The van der Waals surface area contributed by atoms with Crippen molar-refractivity contribution in [1.82, 2.24) is 10.2 Å². The lowest BCUT2D eigenvalue weighted by atomic mass is 10.1. The van der Waals surface area contributed by atoms with Crippen LogP contribution >= 0.6 is 0 Å². The molecule has 1 heterocycles. The van der Waals surface area contributed by atoms with Crippen LogP contribution in [-0.4, -0.2) is 56.7 Å². The number of nitrogens with zero attached hydrogens (tertiary/aromatic N) is 1. The average Bonchev–Trinajstić information content (AvgIpc) is 2.24. The molecule has 1 saturated heterocycles. The van der Waals surface area contributed by atoms with Gasteiger partial charge in [-0.2, -0.15) is 0 Å². The van der Waals surface area contributed by atoms with Crippen LogP contribution in [-0.2, 0) is 9.53 Å². The molecule has 0 aromatic heterocycles. The van der Waals surface area contributed by atoms with Gasteiger partial charge in [0.15, 0.2) is 0 Å². The van der Waals surface area contributed by atoms with Crippen LogP contribution in [0.2, 0.25) is 0 Å². The van der Waals surface area contributed by atoms with Crippen LogP contribution in [0.3, 0.4) is 0 Å². The van der Waals surface area contributed by atoms with Crippen molar-refractivity contribution >= 4 is 5.91 Å². The molecule has 0 aromatic carbocycles. The maximum Gasteiger partial charge on any atom is 0.234 e. The molecule has 3 N–H and O–H groups in total. The molecule has 0 aromatic rings. The Kier molecular flexibility index (Phi) is 5.60. The summed E-state index contributed by atoms with van der Waals surface area (Å²) < 4.78 is 5.18. The van der Waals surface area contributed by atoms with Crippen LogP contribution in [0.1, 0.15) is 12.8 Å². The molecule has 5 nitrogen and oxygen atoms in total. The van der Waals surface area contributed by atoms with Crippen molar-refractivity contribution in [2.45, 2.75) is 18.9 Å². The number of piperazine rings is 1. The first kappa shape index (κ1) is 12.4. The third-order valence-electron chi connectivity index (χ3n) is 2.68. The highest BCUT2D eigenvalue weighted by molar-refractivity contribution is 5.78. The molecule has 1 amide bonds. The van der Waals surface area contributed by atoms with Gasteiger partial charge in [-0.15, -0.1) is 0 Å². The van der Waals surface area contributed by atoms with Crippen molar-refractivity contribution in [2.75, 3.05) is 39.9 Å². The Morgan fingerprint density at radius 3 is 3.07 bits per heavy atom. The fraction of sp³-hybridized carbons (Fsp3) is 0.900. The van der Waals surface area contributed by atoms with Crippen molar-refractivity contribution in [3.05, 3.63) is 0 Å². The van der Waals surface area contributed by atoms with E-state index in [-0.39, 0.29) is 5.91 Å². The number of amides is 1. The second kappa shape index (κ2) is 6.76. The lowest BCUT2D eigenvalue weighted by Crippen LogP contribution is -2.52. The molecule has 1 unspecified atom stereocenters. The molecule has 0 aliphatic carbocycles. The first-order chi connectivity index (χ1) is 7.27. The average molecular weight is 215 g/mol. The molecule has 88 valence electrons. The molecule has 15 heavy (non-hydrogen) atoms. The van der Waals surface area contributed by atoms with E-state index in [1.54, 1.807) is 7.11 Å². The van der Waals surface area contributed by atoms with E-state index in [0.29, 0.717) is 25.7 Å². The molecule has 0 spiro atoms. The Bertz CT molecular complexity index is 199. The lowest BCUT2D eigenvalue weighted by molar-refractivity contribution is -0.125. The minimum absolute atomic E-state index is 0.107. The first-order valence-corrected chi connectivity index (χ1v) is 5.47. The third-order valence-corrected chi connectivity index (χ3v) is 2.68. The van der Waals surface area contributed by atoms with Gasteiger partial charge in [0, 0.05) is 26.2 Å². The van der Waals surface area contributed by atoms with Crippen molar-refractivity contribution in [3.8, 4) is 0 Å². The van der Waals surface area contributed by atoms with E-state index in [2.05, 4.69) is 10.2 Å². The molecule has 1 rings (SSSR count). The number of nitrogens with one attached hydrogen (secondary N) is 1. The van der Waals surface area contributed by atoms with E-state index in [9.17, 15) is 4.79 Å². The van der Waals surface area contributed by atoms with E-state index in [0.717, 1.165) is 25.9 Å². The summed E-state index contributed by atoms with van der Waals surface area (Å²) in [4.78, 5) is 13.4. The zero-order valence-electron chi connectivity index (χ0n) is 9.37. The quantitative estimate of drug-likeness (QED) is 0.607. The van der Waals surface area contributed by atoms with Gasteiger partial charge in [-0.1, -0.05) is 0 Å². The molecular weight excluding hydrogens is 194 g/mol. The van der Waals surface area contributed by atoms with Gasteiger partial charge in [0.2, 0.25) is 5.91 Å². The van der Waals surface area contributed by atoms with E-state index < -0.39 is 0 Å². The van der Waals surface area contributed by atoms with Gasteiger partial charge in [-0.3, -0.25) is 9.69 Å². The van der Waals surface area contributed by atoms with Crippen molar-refractivity contribution < 1.29 is 9.53 Å². The highest BCUT2D eigenvalue weighted by atomic mass is 16.5. The molecule has 0 saturated carbocycles. The van der Waals surface area contributed by atoms with Gasteiger partial charge in [0.25, 0.3) is 0 Å².